The molecular weight excluding hydrogens is 424 g/mol. The molecule has 2 aromatic carbocycles. The molecule has 1 unspecified atom stereocenters. The molecule has 2 heterocycles. The topological polar surface area (TPSA) is 29.9 Å². The van der Waals surface area contributed by atoms with E-state index in [0.29, 0.717) is 4.77 Å². The average Bonchev–Trinajstić information content (AvgIpc) is 2.97. The number of halogens is 1. The molecule has 1 aromatic heterocycles. The van der Waals surface area contributed by atoms with Gasteiger partial charge in [-0.15, -0.1) is 0 Å². The van der Waals surface area contributed by atoms with E-state index in [-0.39, 0.29) is 5.25 Å². The molecule has 0 amide bonds. The lowest BCUT2D eigenvalue weighted by Gasteiger charge is -2.23. The predicted octanol–water partition coefficient (Wildman–Crippen LogP) is 6.41. The summed E-state index contributed by atoms with van der Waals surface area (Å²) < 4.78 is 8.80. The summed E-state index contributed by atoms with van der Waals surface area (Å²) in [5.41, 5.74) is 3.18. The predicted molar refractivity (Wildman–Crippen MR) is 117 cm³/mol. The molecule has 0 saturated heterocycles. The van der Waals surface area contributed by atoms with Crippen LogP contribution < -0.4 is 4.74 Å². The number of fused-ring (bicyclic) bond motifs is 1. The minimum atomic E-state index is 0.0669. The van der Waals surface area contributed by atoms with E-state index in [1.54, 1.807) is 30.6 Å². The Morgan fingerprint density at radius 2 is 1.77 bits per heavy atom. The molecule has 26 heavy (non-hydrogen) atoms. The lowest BCUT2D eigenvalue weighted by Crippen LogP contribution is -2.08. The van der Waals surface area contributed by atoms with Gasteiger partial charge in [-0.3, -0.25) is 4.57 Å². The van der Waals surface area contributed by atoms with E-state index in [9.17, 15) is 0 Å². The molecule has 4 rings (SSSR count). The summed E-state index contributed by atoms with van der Waals surface area (Å²) in [4.78, 5) is 3.39. The van der Waals surface area contributed by atoms with Crippen LogP contribution in [-0.2, 0) is 0 Å². The van der Waals surface area contributed by atoms with E-state index in [4.69, 9.17) is 40.8 Å². The highest BCUT2D eigenvalue weighted by atomic mass is 35.5. The van der Waals surface area contributed by atoms with Gasteiger partial charge in [-0.25, -0.2) is 0 Å². The Balaban J connectivity index is 1.84. The average molecular weight is 437 g/mol. The van der Waals surface area contributed by atoms with E-state index in [0.717, 1.165) is 36.3 Å². The number of H-pyrrole nitrogens is 1. The minimum absolute atomic E-state index is 0.0669. The van der Waals surface area contributed by atoms with E-state index in [1.807, 2.05) is 53.1 Å². The van der Waals surface area contributed by atoms with Crippen LogP contribution in [0, 0.1) is 4.77 Å². The molecule has 0 aliphatic carbocycles. The maximum Gasteiger partial charge on any atom is 0.182 e. The number of aromatic nitrogens is 2. The van der Waals surface area contributed by atoms with Crippen LogP contribution in [0.2, 0.25) is 5.02 Å². The Kier molecular flexibility index (Phi) is 5.16. The van der Waals surface area contributed by atoms with Gasteiger partial charge < -0.3 is 9.72 Å². The van der Waals surface area contributed by atoms with Crippen molar-refractivity contribution in [2.75, 3.05) is 7.11 Å². The maximum absolute atomic E-state index is 6.04. The monoisotopic (exact) mass is 436 g/mol. The zero-order valence-corrected chi connectivity index (χ0v) is 17.6. The molecule has 1 N–H and O–H groups in total. The molecule has 0 fully saturated rings. The summed E-state index contributed by atoms with van der Waals surface area (Å²) >= 11 is 20.4. The van der Waals surface area contributed by atoms with Gasteiger partial charge in [-0.1, -0.05) is 59.5 Å². The molecule has 1 atom stereocenters. The van der Waals surface area contributed by atoms with Gasteiger partial charge in [-0.05, 0) is 54.2 Å². The number of methoxy groups -OCH3 is 1. The van der Waals surface area contributed by atoms with Gasteiger partial charge in [0.2, 0.25) is 0 Å². The molecule has 0 saturated carbocycles. The summed E-state index contributed by atoms with van der Waals surface area (Å²) in [5, 5.41) is 1.82. The van der Waals surface area contributed by atoms with Crippen LogP contribution in [0.4, 0.5) is 0 Å². The summed E-state index contributed by atoms with van der Waals surface area (Å²) in [5.74, 6) is 0.808. The first kappa shape index (κ1) is 18.1. The van der Waals surface area contributed by atoms with Crippen molar-refractivity contribution >= 4 is 63.1 Å². The molecule has 1 aliphatic rings. The third kappa shape index (κ3) is 3.34. The quantitative estimate of drug-likeness (QED) is 0.479. The first-order valence-corrected chi connectivity index (χ1v) is 10.6. The van der Waals surface area contributed by atoms with E-state index < -0.39 is 0 Å². The second-order valence-corrected chi connectivity index (χ2v) is 9.70. The zero-order chi connectivity index (χ0) is 18.3. The van der Waals surface area contributed by atoms with Crippen molar-refractivity contribution in [1.29, 1.82) is 0 Å². The fourth-order valence-corrected chi connectivity index (χ4v) is 6.12. The van der Waals surface area contributed by atoms with Gasteiger partial charge in [-0.2, -0.15) is 0 Å². The Bertz CT molecular complexity index is 1020. The Labute approximate surface area is 175 Å². The summed E-state index contributed by atoms with van der Waals surface area (Å²) in [6, 6.07) is 15.7. The van der Waals surface area contributed by atoms with Crippen molar-refractivity contribution in [3.8, 4) is 11.4 Å². The van der Waals surface area contributed by atoms with Crippen molar-refractivity contribution in [3.05, 3.63) is 69.6 Å². The lowest BCUT2D eigenvalue weighted by molar-refractivity contribution is 0.414. The molecule has 0 bridgehead atoms. The molecule has 3 aromatic rings. The van der Waals surface area contributed by atoms with Crippen molar-refractivity contribution in [2.45, 2.75) is 10.3 Å². The summed E-state index contributed by atoms with van der Waals surface area (Å²) in [6.45, 7) is 0. The number of hydrogen-bond acceptors (Lipinski definition) is 5. The zero-order valence-electron chi connectivity index (χ0n) is 13.6. The van der Waals surface area contributed by atoms with Gasteiger partial charge in [0, 0.05) is 10.7 Å². The number of nitrogens with one attached hydrogen (secondary N) is 1. The van der Waals surface area contributed by atoms with Crippen molar-refractivity contribution in [2.24, 2.45) is 0 Å². The largest absolute Gasteiger partial charge is 0.497 e. The Hall–Kier alpha value is -1.25. The van der Waals surface area contributed by atoms with Gasteiger partial charge in [0.05, 0.1) is 18.1 Å². The second kappa shape index (κ2) is 7.40. The van der Waals surface area contributed by atoms with Crippen LogP contribution in [0.3, 0.4) is 0 Å². The van der Waals surface area contributed by atoms with E-state index >= 15 is 0 Å². The minimum Gasteiger partial charge on any atom is -0.497 e. The standard InChI is InChI=1S/C18H13ClN2OS4/c1-22-13-8-6-12(7-9-13)21-16-14(20-17(21)23)15(25-18(24)26-16)10-2-4-11(19)5-3-10/h2-9,15H,1H3,(H,20,23). The van der Waals surface area contributed by atoms with Crippen LogP contribution >= 0.6 is 59.6 Å². The first-order chi connectivity index (χ1) is 12.6. The number of thiocarbonyl (C=S) groups is 1. The lowest BCUT2D eigenvalue weighted by atomic mass is 10.1. The Morgan fingerprint density at radius 1 is 1.08 bits per heavy atom. The van der Waals surface area contributed by atoms with E-state index in [2.05, 4.69) is 4.98 Å². The van der Waals surface area contributed by atoms with Gasteiger partial charge >= 0.3 is 0 Å². The van der Waals surface area contributed by atoms with Gasteiger partial charge in [0.1, 0.15) is 14.3 Å². The third-order valence-electron chi connectivity index (χ3n) is 4.04. The smallest absolute Gasteiger partial charge is 0.182 e. The number of ether oxygens (including phenoxy) is 1. The molecular formula is C18H13ClN2OS4. The number of rotatable bonds is 3. The number of benzene rings is 2. The third-order valence-corrected chi connectivity index (χ3v) is 7.35. The van der Waals surface area contributed by atoms with Crippen LogP contribution in [0.15, 0.2) is 53.6 Å². The van der Waals surface area contributed by atoms with Crippen LogP contribution in [0.25, 0.3) is 5.69 Å². The van der Waals surface area contributed by atoms with Crippen molar-refractivity contribution in [1.82, 2.24) is 9.55 Å². The number of aromatic amines is 1. The fourth-order valence-electron chi connectivity index (χ4n) is 2.81. The van der Waals surface area contributed by atoms with E-state index in [1.165, 1.54) is 0 Å². The fraction of sp³-hybridized carbons (Fsp3) is 0.111. The SMILES string of the molecule is COc1ccc(-n2c3c([nH]c2=S)C(c2ccc(Cl)cc2)SC(=S)S3)cc1. The highest BCUT2D eigenvalue weighted by Crippen LogP contribution is 2.49. The molecule has 132 valence electrons. The van der Waals surface area contributed by atoms with Gasteiger partial charge in [0.15, 0.2) is 4.77 Å². The summed E-state index contributed by atoms with van der Waals surface area (Å²) in [6.07, 6.45) is 0. The number of thioether (sulfide) groups is 2. The van der Waals surface area contributed by atoms with Crippen LogP contribution in [-0.4, -0.2) is 20.2 Å². The second-order valence-electron chi connectivity index (χ2n) is 5.58. The maximum atomic E-state index is 6.04. The molecule has 0 spiro atoms. The summed E-state index contributed by atoms with van der Waals surface area (Å²) in [7, 11) is 1.65. The molecule has 1 aliphatic heterocycles. The van der Waals surface area contributed by atoms with Crippen molar-refractivity contribution < 1.29 is 4.74 Å². The first-order valence-electron chi connectivity index (χ1n) is 7.70. The number of hydrogen-bond donors (Lipinski definition) is 1. The molecule has 8 heteroatoms. The van der Waals surface area contributed by atoms with Crippen molar-refractivity contribution in [3.63, 3.8) is 0 Å². The molecule has 0 radical (unpaired) electrons. The van der Waals surface area contributed by atoms with Crippen LogP contribution in [0.1, 0.15) is 16.5 Å². The molecule has 3 nitrogen and oxygen atoms in total. The van der Waals surface area contributed by atoms with Crippen LogP contribution in [0.5, 0.6) is 5.75 Å². The highest BCUT2D eigenvalue weighted by Gasteiger charge is 2.31. The normalized spacial score (nSPS) is 16.4. The number of nitrogens with zero attached hydrogens (tertiary/aromatic N) is 1. The van der Waals surface area contributed by atoms with Gasteiger partial charge in [0.25, 0.3) is 0 Å². The highest BCUT2D eigenvalue weighted by molar-refractivity contribution is 8.47. The Morgan fingerprint density at radius 3 is 2.42 bits per heavy atom. The number of imidazole rings is 1.